The van der Waals surface area contributed by atoms with Gasteiger partial charge in [0.25, 0.3) is 0 Å². The van der Waals surface area contributed by atoms with E-state index in [1.165, 1.54) is 16.2 Å². The predicted octanol–water partition coefficient (Wildman–Crippen LogP) is 4.11. The number of carbonyl (C=O) groups is 2. The number of hydrogen-bond acceptors (Lipinski definition) is 8. The Morgan fingerprint density at radius 1 is 1.16 bits per heavy atom. The molecule has 4 heterocycles. The first kappa shape index (κ1) is 24.5. The smallest absolute Gasteiger partial charge is 0.341 e. The number of primary amides is 1. The minimum Gasteiger partial charge on any atom is -0.479 e. The highest BCUT2D eigenvalue weighted by atomic mass is 32.1. The van der Waals surface area contributed by atoms with Crippen LogP contribution in [0.2, 0.25) is 0 Å². The van der Waals surface area contributed by atoms with Crippen molar-refractivity contribution in [3.63, 3.8) is 0 Å². The lowest BCUT2D eigenvalue weighted by molar-refractivity contribution is -0.152. The largest absolute Gasteiger partial charge is 0.479 e. The maximum Gasteiger partial charge on any atom is 0.341 e. The maximum absolute atomic E-state index is 14.4. The van der Waals surface area contributed by atoms with Crippen molar-refractivity contribution in [3.05, 3.63) is 48.9 Å². The molecule has 4 aromatic rings. The van der Waals surface area contributed by atoms with Crippen molar-refractivity contribution in [1.29, 1.82) is 0 Å². The number of fused-ring (bicyclic) bond motifs is 1. The number of pyridine rings is 1. The van der Waals surface area contributed by atoms with Crippen LogP contribution >= 0.6 is 11.3 Å². The fourth-order valence-electron chi connectivity index (χ4n) is 4.31. The first-order valence-corrected chi connectivity index (χ1v) is 12.5. The summed E-state index contributed by atoms with van der Waals surface area (Å²) in [5.74, 6) is -1.01. The third-order valence-corrected chi connectivity index (χ3v) is 7.55. The van der Waals surface area contributed by atoms with Crippen molar-refractivity contribution in [3.8, 4) is 22.4 Å². The summed E-state index contributed by atoms with van der Waals surface area (Å²) < 4.78 is 15.3. The number of carboxylic acid groups (broad SMARTS) is 1. The molecule has 12 heteroatoms. The first-order chi connectivity index (χ1) is 17.8. The molecule has 1 aromatic carbocycles. The molecule has 1 aliphatic heterocycles. The Labute approximate surface area is 215 Å². The van der Waals surface area contributed by atoms with Crippen LogP contribution in [0.5, 0.6) is 0 Å². The number of carbonyl (C=O) groups excluding carboxylic acids is 1. The summed E-state index contributed by atoms with van der Waals surface area (Å²) in [5.41, 5.74) is 7.18. The molecule has 2 amide bonds. The fraction of sp³-hybridized carbons (Fsp3) is 0.280. The summed E-state index contributed by atoms with van der Waals surface area (Å²) in [4.78, 5) is 44.4. The van der Waals surface area contributed by atoms with Gasteiger partial charge in [-0.05, 0) is 36.8 Å². The first-order valence-electron chi connectivity index (χ1n) is 11.7. The lowest BCUT2D eigenvalue weighted by atomic mass is 9.94. The number of urea groups is 1. The normalized spacial score (nSPS) is 15.0. The molecule has 5 rings (SSSR count). The van der Waals surface area contributed by atoms with Crippen LogP contribution in [0.15, 0.2) is 48.9 Å². The zero-order valence-electron chi connectivity index (χ0n) is 20.0. The van der Waals surface area contributed by atoms with Crippen molar-refractivity contribution in [1.82, 2.24) is 19.9 Å². The molecule has 0 saturated carbocycles. The van der Waals surface area contributed by atoms with Crippen molar-refractivity contribution in [2.75, 3.05) is 29.4 Å². The number of nitrogens with two attached hydrogens (primary N) is 1. The van der Waals surface area contributed by atoms with Gasteiger partial charge in [-0.3, -0.25) is 9.88 Å². The van der Waals surface area contributed by atoms with Crippen LogP contribution in [0.25, 0.3) is 32.6 Å². The molecule has 0 atom stereocenters. The highest BCUT2D eigenvalue weighted by Crippen LogP contribution is 2.39. The summed E-state index contributed by atoms with van der Waals surface area (Å²) in [6.07, 6.45) is 4.82. The van der Waals surface area contributed by atoms with Gasteiger partial charge in [0.15, 0.2) is 5.13 Å². The third kappa shape index (κ3) is 4.67. The number of nitrogens with zero attached hydrogens (tertiary/aromatic N) is 6. The SMILES string of the molecule is CCN(C(N)=O)c1nc2cc(-c3cnc(N4CCC(F)(C(=O)O)CC4)nc3)cc(-c3ccccn3)c2s1. The number of halogens is 1. The molecule has 3 aromatic heterocycles. The minimum atomic E-state index is -2.21. The lowest BCUT2D eigenvalue weighted by Crippen LogP contribution is -2.47. The van der Waals surface area contributed by atoms with E-state index in [0.29, 0.717) is 23.1 Å². The maximum atomic E-state index is 14.4. The summed E-state index contributed by atoms with van der Waals surface area (Å²) in [5, 5.41) is 9.61. The van der Waals surface area contributed by atoms with Crippen LogP contribution in [0.1, 0.15) is 19.8 Å². The molecule has 190 valence electrons. The second-order valence-corrected chi connectivity index (χ2v) is 9.67. The van der Waals surface area contributed by atoms with Crippen LogP contribution in [0.4, 0.5) is 20.3 Å². The number of benzene rings is 1. The molecule has 37 heavy (non-hydrogen) atoms. The standard InChI is InChI=1S/C25H24FN7O3S/c1-2-33(22(27)36)24-31-19-12-15(11-17(20(19)37-24)18-5-3-4-8-28-18)16-13-29-23(30-14-16)32-9-6-25(26,7-10-32)21(34)35/h3-5,8,11-14H,2,6-7,9-10H2,1H3,(H2,27,36)(H,34,35). The van der Waals surface area contributed by atoms with E-state index in [9.17, 15) is 14.0 Å². The summed E-state index contributed by atoms with van der Waals surface area (Å²) in [7, 11) is 0. The number of rotatable bonds is 6. The topological polar surface area (TPSA) is 138 Å². The van der Waals surface area contributed by atoms with E-state index in [1.807, 2.05) is 37.3 Å². The zero-order valence-corrected chi connectivity index (χ0v) is 20.8. The molecule has 1 aliphatic rings. The van der Waals surface area contributed by atoms with Crippen LogP contribution in [0, 0.1) is 0 Å². The van der Waals surface area contributed by atoms with E-state index in [-0.39, 0.29) is 25.9 Å². The summed E-state index contributed by atoms with van der Waals surface area (Å²) >= 11 is 1.37. The number of carboxylic acids is 1. The zero-order chi connectivity index (χ0) is 26.2. The lowest BCUT2D eigenvalue weighted by Gasteiger charge is -2.33. The second-order valence-electron chi connectivity index (χ2n) is 8.70. The molecule has 0 radical (unpaired) electrons. The van der Waals surface area contributed by atoms with E-state index in [0.717, 1.165) is 27.1 Å². The second kappa shape index (κ2) is 9.69. The molecule has 0 spiro atoms. The van der Waals surface area contributed by atoms with Crippen molar-refractivity contribution in [2.24, 2.45) is 5.73 Å². The number of aliphatic carboxylic acids is 1. The van der Waals surface area contributed by atoms with Gasteiger partial charge in [0.05, 0.1) is 15.9 Å². The Hall–Kier alpha value is -4.19. The summed E-state index contributed by atoms with van der Waals surface area (Å²) in [6, 6.07) is 8.96. The Balaban J connectivity index is 1.50. The average molecular weight is 522 g/mol. The molecular weight excluding hydrogens is 497 g/mol. The van der Waals surface area contributed by atoms with Gasteiger partial charge in [0.1, 0.15) is 0 Å². The highest BCUT2D eigenvalue weighted by molar-refractivity contribution is 7.23. The minimum absolute atomic E-state index is 0.121. The number of hydrogen-bond donors (Lipinski definition) is 2. The predicted molar refractivity (Wildman–Crippen MR) is 139 cm³/mol. The van der Waals surface area contributed by atoms with Gasteiger partial charge in [-0.1, -0.05) is 17.4 Å². The number of aromatic nitrogens is 4. The summed E-state index contributed by atoms with van der Waals surface area (Å²) in [6.45, 7) is 2.65. The average Bonchev–Trinajstić information content (AvgIpc) is 3.33. The van der Waals surface area contributed by atoms with Crippen LogP contribution < -0.4 is 15.5 Å². The number of piperidine rings is 1. The number of amides is 2. The number of thiazole rings is 1. The van der Waals surface area contributed by atoms with E-state index in [4.69, 9.17) is 10.8 Å². The molecule has 10 nitrogen and oxygen atoms in total. The van der Waals surface area contributed by atoms with Crippen LogP contribution in [-0.2, 0) is 4.79 Å². The van der Waals surface area contributed by atoms with Gasteiger partial charge in [0.2, 0.25) is 11.6 Å². The Morgan fingerprint density at radius 2 is 1.89 bits per heavy atom. The van der Waals surface area contributed by atoms with Crippen molar-refractivity contribution in [2.45, 2.75) is 25.4 Å². The van der Waals surface area contributed by atoms with E-state index < -0.39 is 17.7 Å². The fourth-order valence-corrected chi connectivity index (χ4v) is 5.45. The Morgan fingerprint density at radius 3 is 2.49 bits per heavy atom. The van der Waals surface area contributed by atoms with Gasteiger partial charge in [-0.15, -0.1) is 0 Å². The third-order valence-electron chi connectivity index (χ3n) is 6.43. The van der Waals surface area contributed by atoms with E-state index in [2.05, 4.69) is 19.9 Å². The van der Waals surface area contributed by atoms with Crippen LogP contribution in [0.3, 0.4) is 0 Å². The van der Waals surface area contributed by atoms with Gasteiger partial charge in [-0.25, -0.2) is 28.9 Å². The number of alkyl halides is 1. The van der Waals surface area contributed by atoms with Gasteiger partial charge in [-0.2, -0.15) is 0 Å². The quantitative estimate of drug-likeness (QED) is 0.386. The highest BCUT2D eigenvalue weighted by Gasteiger charge is 2.42. The molecule has 1 fully saturated rings. The molecule has 0 unspecified atom stereocenters. The molecule has 3 N–H and O–H groups in total. The molecule has 1 saturated heterocycles. The van der Waals surface area contributed by atoms with Gasteiger partial charge in [0, 0.05) is 62.2 Å². The van der Waals surface area contributed by atoms with E-state index in [1.54, 1.807) is 23.5 Å². The van der Waals surface area contributed by atoms with Gasteiger partial charge < -0.3 is 15.7 Å². The molecular formula is C25H24FN7O3S. The van der Waals surface area contributed by atoms with E-state index >= 15 is 0 Å². The molecule has 0 bridgehead atoms. The monoisotopic (exact) mass is 521 g/mol. The molecule has 0 aliphatic carbocycles. The van der Waals surface area contributed by atoms with Gasteiger partial charge >= 0.3 is 12.0 Å². The Bertz CT molecular complexity index is 1450. The van der Waals surface area contributed by atoms with Crippen molar-refractivity contribution < 1.29 is 19.1 Å². The number of anilines is 2. The Kier molecular flexibility index (Phi) is 6.42. The van der Waals surface area contributed by atoms with Crippen molar-refractivity contribution >= 4 is 44.6 Å². The van der Waals surface area contributed by atoms with Crippen LogP contribution in [-0.4, -0.2) is 62.3 Å².